The van der Waals surface area contributed by atoms with E-state index in [1.165, 1.54) is 16.7 Å². The minimum absolute atomic E-state index is 0.246. The zero-order chi connectivity index (χ0) is 17.5. The van der Waals surface area contributed by atoms with Gasteiger partial charge < -0.3 is 10.1 Å². The Kier molecular flexibility index (Phi) is 6.19. The molecular formula is C21H25N3O. The molecule has 0 unspecified atom stereocenters. The number of hydrogen-bond acceptors (Lipinski definition) is 4. The van der Waals surface area contributed by atoms with E-state index in [9.17, 15) is 0 Å². The van der Waals surface area contributed by atoms with E-state index in [1.807, 2.05) is 24.3 Å². The van der Waals surface area contributed by atoms with Crippen molar-refractivity contribution in [1.82, 2.24) is 10.2 Å². The van der Waals surface area contributed by atoms with Crippen molar-refractivity contribution < 1.29 is 4.74 Å². The molecule has 1 fully saturated rings. The van der Waals surface area contributed by atoms with Gasteiger partial charge in [0.15, 0.2) is 0 Å². The Balaban J connectivity index is 1.55. The molecule has 2 aromatic rings. The van der Waals surface area contributed by atoms with Crippen molar-refractivity contribution in [2.24, 2.45) is 0 Å². The topological polar surface area (TPSA) is 48.3 Å². The van der Waals surface area contributed by atoms with Gasteiger partial charge in [0.1, 0.15) is 0 Å². The lowest BCUT2D eigenvalue weighted by Crippen LogP contribution is -2.35. The fourth-order valence-electron chi connectivity index (χ4n) is 3.09. The summed E-state index contributed by atoms with van der Waals surface area (Å²) in [7, 11) is 0. The molecule has 0 bridgehead atoms. The largest absolute Gasteiger partial charge is 0.379 e. The minimum atomic E-state index is 0.246. The number of rotatable bonds is 6. The molecule has 1 heterocycles. The molecule has 0 amide bonds. The molecule has 2 aromatic carbocycles. The van der Waals surface area contributed by atoms with Gasteiger partial charge in [-0.2, -0.15) is 5.26 Å². The highest BCUT2D eigenvalue weighted by atomic mass is 16.5. The van der Waals surface area contributed by atoms with Crippen LogP contribution in [0.25, 0.3) is 0 Å². The Hall–Kier alpha value is -2.19. The summed E-state index contributed by atoms with van der Waals surface area (Å²) in [6.07, 6.45) is 0. The molecule has 0 aliphatic carbocycles. The van der Waals surface area contributed by atoms with Crippen molar-refractivity contribution in [2.75, 3.05) is 26.3 Å². The van der Waals surface area contributed by atoms with E-state index in [-0.39, 0.29) is 6.04 Å². The van der Waals surface area contributed by atoms with Crippen molar-refractivity contribution in [3.05, 3.63) is 70.8 Å². The molecule has 0 spiro atoms. The van der Waals surface area contributed by atoms with Gasteiger partial charge in [-0.1, -0.05) is 36.4 Å². The number of nitrogens with one attached hydrogen (secondary N) is 1. The third-order valence-corrected chi connectivity index (χ3v) is 4.65. The number of nitriles is 1. The summed E-state index contributed by atoms with van der Waals surface area (Å²) in [6, 6.07) is 19.0. The van der Waals surface area contributed by atoms with Crippen molar-refractivity contribution >= 4 is 0 Å². The monoisotopic (exact) mass is 335 g/mol. The second-order valence-corrected chi connectivity index (χ2v) is 6.54. The predicted octanol–water partition coefficient (Wildman–Crippen LogP) is 3.24. The van der Waals surface area contributed by atoms with E-state index in [0.29, 0.717) is 5.56 Å². The molecule has 3 rings (SSSR count). The molecule has 1 atom stereocenters. The standard InChI is InChI=1S/C21H25N3O/c1-17(21-7-5-18(14-22)6-8-21)23-15-19-3-2-4-20(13-19)16-24-9-11-25-12-10-24/h2-8,13,17,23H,9-12,15-16H2,1H3/t17-/m0/s1. The molecule has 1 aliphatic heterocycles. The lowest BCUT2D eigenvalue weighted by molar-refractivity contribution is 0.0342. The molecule has 0 aromatic heterocycles. The number of morpholine rings is 1. The number of hydrogen-bond donors (Lipinski definition) is 1. The summed E-state index contributed by atoms with van der Waals surface area (Å²) >= 11 is 0. The average Bonchev–Trinajstić information content (AvgIpc) is 2.67. The summed E-state index contributed by atoms with van der Waals surface area (Å²) < 4.78 is 5.41. The number of benzene rings is 2. The SMILES string of the molecule is C[C@H](NCc1cccc(CN2CCOCC2)c1)c1ccc(C#N)cc1. The van der Waals surface area contributed by atoms with Gasteiger partial charge in [0.05, 0.1) is 24.8 Å². The van der Waals surface area contributed by atoms with Gasteiger partial charge >= 0.3 is 0 Å². The van der Waals surface area contributed by atoms with E-state index in [0.717, 1.165) is 39.4 Å². The molecule has 1 saturated heterocycles. The number of ether oxygens (including phenoxy) is 1. The Bertz CT molecular complexity index is 715. The van der Waals surface area contributed by atoms with Crippen LogP contribution < -0.4 is 5.32 Å². The van der Waals surface area contributed by atoms with Crippen LogP contribution in [0.3, 0.4) is 0 Å². The summed E-state index contributed by atoms with van der Waals surface area (Å²) in [4.78, 5) is 2.44. The maximum atomic E-state index is 8.89. The Morgan fingerprint density at radius 1 is 1.12 bits per heavy atom. The van der Waals surface area contributed by atoms with E-state index < -0.39 is 0 Å². The van der Waals surface area contributed by atoms with E-state index in [4.69, 9.17) is 10.00 Å². The lowest BCUT2D eigenvalue weighted by Gasteiger charge is -2.26. The summed E-state index contributed by atoms with van der Waals surface area (Å²) in [6.45, 7) is 7.67. The molecule has 1 N–H and O–H groups in total. The van der Waals surface area contributed by atoms with Crippen LogP contribution in [-0.4, -0.2) is 31.2 Å². The van der Waals surface area contributed by atoms with Crippen LogP contribution in [0.2, 0.25) is 0 Å². The van der Waals surface area contributed by atoms with Gasteiger partial charge in [0, 0.05) is 32.2 Å². The Morgan fingerprint density at radius 3 is 2.56 bits per heavy atom. The van der Waals surface area contributed by atoms with E-state index >= 15 is 0 Å². The normalized spacial score (nSPS) is 16.3. The van der Waals surface area contributed by atoms with Gasteiger partial charge in [-0.15, -0.1) is 0 Å². The highest BCUT2D eigenvalue weighted by molar-refractivity contribution is 5.32. The van der Waals surface area contributed by atoms with Crippen LogP contribution in [0.5, 0.6) is 0 Å². The second kappa shape index (κ2) is 8.77. The second-order valence-electron chi connectivity index (χ2n) is 6.54. The maximum Gasteiger partial charge on any atom is 0.0991 e. The highest BCUT2D eigenvalue weighted by Crippen LogP contribution is 2.15. The molecular weight excluding hydrogens is 310 g/mol. The zero-order valence-corrected chi connectivity index (χ0v) is 14.7. The van der Waals surface area contributed by atoms with Crippen LogP contribution in [-0.2, 0) is 17.8 Å². The maximum absolute atomic E-state index is 8.89. The van der Waals surface area contributed by atoms with Gasteiger partial charge in [0.25, 0.3) is 0 Å². The molecule has 0 radical (unpaired) electrons. The van der Waals surface area contributed by atoms with Gasteiger partial charge in [-0.05, 0) is 35.7 Å². The first kappa shape index (κ1) is 17.6. The summed E-state index contributed by atoms with van der Waals surface area (Å²) in [5, 5.41) is 12.5. The van der Waals surface area contributed by atoms with Crippen molar-refractivity contribution in [2.45, 2.75) is 26.1 Å². The number of nitrogens with zero attached hydrogens (tertiary/aromatic N) is 2. The van der Waals surface area contributed by atoms with E-state index in [1.54, 1.807) is 0 Å². The summed E-state index contributed by atoms with van der Waals surface area (Å²) in [5.74, 6) is 0. The fraction of sp³-hybridized carbons (Fsp3) is 0.381. The zero-order valence-electron chi connectivity index (χ0n) is 14.7. The van der Waals surface area contributed by atoms with Crippen LogP contribution in [0, 0.1) is 11.3 Å². The molecule has 0 saturated carbocycles. The lowest BCUT2D eigenvalue weighted by atomic mass is 10.1. The molecule has 130 valence electrons. The van der Waals surface area contributed by atoms with Crippen LogP contribution in [0.15, 0.2) is 48.5 Å². The predicted molar refractivity (Wildman–Crippen MR) is 98.9 cm³/mol. The van der Waals surface area contributed by atoms with E-state index in [2.05, 4.69) is 47.5 Å². The van der Waals surface area contributed by atoms with Crippen molar-refractivity contribution in [3.8, 4) is 6.07 Å². The smallest absolute Gasteiger partial charge is 0.0991 e. The highest BCUT2D eigenvalue weighted by Gasteiger charge is 2.11. The van der Waals surface area contributed by atoms with Gasteiger partial charge in [0.2, 0.25) is 0 Å². The van der Waals surface area contributed by atoms with Crippen LogP contribution >= 0.6 is 0 Å². The first-order valence-electron chi connectivity index (χ1n) is 8.86. The van der Waals surface area contributed by atoms with Gasteiger partial charge in [-0.25, -0.2) is 0 Å². The first-order chi connectivity index (χ1) is 12.2. The average molecular weight is 335 g/mol. The van der Waals surface area contributed by atoms with Crippen molar-refractivity contribution in [1.29, 1.82) is 5.26 Å². The minimum Gasteiger partial charge on any atom is -0.379 e. The first-order valence-corrected chi connectivity index (χ1v) is 8.86. The fourth-order valence-corrected chi connectivity index (χ4v) is 3.09. The molecule has 4 nitrogen and oxygen atoms in total. The Labute approximate surface area is 150 Å². The third-order valence-electron chi connectivity index (χ3n) is 4.65. The molecule has 25 heavy (non-hydrogen) atoms. The molecule has 4 heteroatoms. The van der Waals surface area contributed by atoms with Gasteiger partial charge in [-0.3, -0.25) is 4.90 Å². The Morgan fingerprint density at radius 2 is 1.84 bits per heavy atom. The third kappa shape index (κ3) is 5.14. The van der Waals surface area contributed by atoms with Crippen LogP contribution in [0.1, 0.15) is 35.2 Å². The molecule has 1 aliphatic rings. The quantitative estimate of drug-likeness (QED) is 0.880. The van der Waals surface area contributed by atoms with Crippen molar-refractivity contribution in [3.63, 3.8) is 0 Å². The van der Waals surface area contributed by atoms with Crippen LogP contribution in [0.4, 0.5) is 0 Å². The summed E-state index contributed by atoms with van der Waals surface area (Å²) in [5.41, 5.74) is 4.55.